The van der Waals surface area contributed by atoms with Crippen LogP contribution in [0.5, 0.6) is 11.6 Å². The molecule has 0 N–H and O–H groups in total. The van der Waals surface area contributed by atoms with Crippen molar-refractivity contribution in [3.63, 3.8) is 0 Å². The zero-order chi connectivity index (χ0) is 15.2. The average Bonchev–Trinajstić information content (AvgIpc) is 3.01. The molecule has 22 heavy (non-hydrogen) atoms. The van der Waals surface area contributed by atoms with Crippen LogP contribution in [-0.4, -0.2) is 5.16 Å². The van der Waals surface area contributed by atoms with E-state index in [1.54, 1.807) is 30.3 Å². The summed E-state index contributed by atoms with van der Waals surface area (Å²) < 4.78 is 16.3. The molecule has 1 heterocycles. The highest BCUT2D eigenvalue weighted by Gasteiger charge is 2.06. The van der Waals surface area contributed by atoms with Crippen LogP contribution in [-0.2, 0) is 13.2 Å². The van der Waals surface area contributed by atoms with Crippen LogP contribution in [0.15, 0.2) is 65.2 Å². The Morgan fingerprint density at radius 2 is 1.68 bits per heavy atom. The molecule has 0 fully saturated rings. The molecule has 0 saturated heterocycles. The van der Waals surface area contributed by atoms with E-state index >= 15 is 0 Å². The molecule has 0 aliphatic heterocycles. The monoisotopic (exact) mass is 315 g/mol. The third-order valence-electron chi connectivity index (χ3n) is 2.96. The first-order valence-corrected chi connectivity index (χ1v) is 7.18. The molecule has 0 aliphatic rings. The third kappa shape index (κ3) is 4.02. The Balaban J connectivity index is 1.51. The summed E-state index contributed by atoms with van der Waals surface area (Å²) in [5.41, 5.74) is 1.07. The van der Waals surface area contributed by atoms with Crippen molar-refractivity contribution in [3.8, 4) is 11.6 Å². The Kier molecular flexibility index (Phi) is 4.61. The van der Waals surface area contributed by atoms with Gasteiger partial charge in [-0.25, -0.2) is 0 Å². The van der Waals surface area contributed by atoms with E-state index in [0.717, 1.165) is 5.56 Å². The zero-order valence-corrected chi connectivity index (χ0v) is 12.5. The maximum Gasteiger partial charge on any atom is 0.254 e. The average molecular weight is 316 g/mol. The first-order valence-electron chi connectivity index (χ1n) is 6.80. The minimum absolute atomic E-state index is 0.281. The van der Waals surface area contributed by atoms with Crippen LogP contribution in [0.1, 0.15) is 11.3 Å². The highest BCUT2D eigenvalue weighted by atomic mass is 35.5. The van der Waals surface area contributed by atoms with Crippen LogP contribution in [0.25, 0.3) is 0 Å². The van der Waals surface area contributed by atoms with Gasteiger partial charge in [-0.15, -0.1) is 0 Å². The third-order valence-corrected chi connectivity index (χ3v) is 3.21. The zero-order valence-electron chi connectivity index (χ0n) is 11.7. The minimum atomic E-state index is 0.281. The standard InChI is InChI=1S/C17H14ClNO3/c18-14-6-8-15(9-7-14)20-12-16-10-17(19-22-16)21-11-13-4-2-1-3-5-13/h1-10H,11-12H2. The largest absolute Gasteiger partial charge is 0.486 e. The predicted molar refractivity (Wildman–Crippen MR) is 83.1 cm³/mol. The highest BCUT2D eigenvalue weighted by Crippen LogP contribution is 2.18. The second kappa shape index (κ2) is 7.00. The Morgan fingerprint density at radius 1 is 0.909 bits per heavy atom. The molecule has 5 heteroatoms. The summed E-state index contributed by atoms with van der Waals surface area (Å²) in [6.45, 7) is 0.730. The number of hydrogen-bond donors (Lipinski definition) is 0. The van der Waals surface area contributed by atoms with Crippen LogP contribution < -0.4 is 9.47 Å². The molecule has 3 rings (SSSR count). The minimum Gasteiger partial charge on any atom is -0.486 e. The lowest BCUT2D eigenvalue weighted by molar-refractivity contribution is 0.235. The van der Waals surface area contributed by atoms with E-state index in [0.29, 0.717) is 29.0 Å². The van der Waals surface area contributed by atoms with Gasteiger partial charge in [-0.1, -0.05) is 41.9 Å². The number of rotatable bonds is 6. The summed E-state index contributed by atoms with van der Waals surface area (Å²) in [5.74, 6) is 1.75. The first kappa shape index (κ1) is 14.5. The van der Waals surface area contributed by atoms with E-state index in [2.05, 4.69) is 5.16 Å². The fourth-order valence-electron chi connectivity index (χ4n) is 1.85. The lowest BCUT2D eigenvalue weighted by atomic mass is 10.2. The van der Waals surface area contributed by atoms with E-state index in [9.17, 15) is 0 Å². The fraction of sp³-hybridized carbons (Fsp3) is 0.118. The van der Waals surface area contributed by atoms with Crippen molar-refractivity contribution in [2.45, 2.75) is 13.2 Å². The summed E-state index contributed by atoms with van der Waals surface area (Å²) in [7, 11) is 0. The van der Waals surface area contributed by atoms with Crippen molar-refractivity contribution in [1.29, 1.82) is 0 Å². The van der Waals surface area contributed by atoms with Crippen molar-refractivity contribution in [2.24, 2.45) is 0 Å². The van der Waals surface area contributed by atoms with Crippen LogP contribution in [0.2, 0.25) is 5.02 Å². The van der Waals surface area contributed by atoms with E-state index in [1.165, 1.54) is 0 Å². The number of nitrogens with zero attached hydrogens (tertiary/aromatic N) is 1. The Morgan fingerprint density at radius 3 is 2.45 bits per heavy atom. The lowest BCUT2D eigenvalue weighted by Gasteiger charge is -2.02. The molecule has 4 nitrogen and oxygen atoms in total. The summed E-state index contributed by atoms with van der Waals surface area (Å²) in [6.07, 6.45) is 0. The Hall–Kier alpha value is -2.46. The summed E-state index contributed by atoms with van der Waals surface area (Å²) in [5, 5.41) is 4.53. The van der Waals surface area contributed by atoms with Crippen molar-refractivity contribution in [3.05, 3.63) is 77.0 Å². The SMILES string of the molecule is Clc1ccc(OCc2cc(OCc3ccccc3)no2)cc1. The molecule has 0 amide bonds. The topological polar surface area (TPSA) is 44.5 Å². The summed E-state index contributed by atoms with van der Waals surface area (Å²) in [6, 6.07) is 18.7. The molecular weight excluding hydrogens is 302 g/mol. The predicted octanol–water partition coefficient (Wildman–Crippen LogP) is 4.49. The van der Waals surface area contributed by atoms with Gasteiger partial charge in [0.25, 0.3) is 5.88 Å². The Labute approximate surface area is 133 Å². The van der Waals surface area contributed by atoms with Crippen molar-refractivity contribution < 1.29 is 14.0 Å². The van der Waals surface area contributed by atoms with Gasteiger partial charge in [-0.2, -0.15) is 0 Å². The normalized spacial score (nSPS) is 10.4. The maximum atomic E-state index is 5.82. The molecule has 0 spiro atoms. The van der Waals surface area contributed by atoms with Gasteiger partial charge in [0.1, 0.15) is 19.0 Å². The van der Waals surface area contributed by atoms with E-state index in [4.69, 9.17) is 25.6 Å². The van der Waals surface area contributed by atoms with Gasteiger partial charge in [0.05, 0.1) is 0 Å². The number of halogens is 1. The summed E-state index contributed by atoms with van der Waals surface area (Å²) >= 11 is 5.82. The van der Waals surface area contributed by atoms with Gasteiger partial charge < -0.3 is 14.0 Å². The van der Waals surface area contributed by atoms with Crippen LogP contribution >= 0.6 is 11.6 Å². The van der Waals surface area contributed by atoms with Crippen molar-refractivity contribution in [2.75, 3.05) is 0 Å². The first-order chi connectivity index (χ1) is 10.8. The van der Waals surface area contributed by atoms with Gasteiger partial charge in [-0.05, 0) is 35.0 Å². The van der Waals surface area contributed by atoms with Crippen molar-refractivity contribution >= 4 is 11.6 Å². The molecule has 0 atom stereocenters. The number of aromatic nitrogens is 1. The van der Waals surface area contributed by atoms with Crippen LogP contribution in [0.3, 0.4) is 0 Å². The molecule has 2 aromatic carbocycles. The molecular formula is C17H14ClNO3. The van der Waals surface area contributed by atoms with Crippen LogP contribution in [0, 0.1) is 0 Å². The molecule has 0 aliphatic carbocycles. The lowest BCUT2D eigenvalue weighted by Crippen LogP contribution is -1.95. The van der Waals surface area contributed by atoms with Gasteiger partial charge in [0.15, 0.2) is 5.76 Å². The number of ether oxygens (including phenoxy) is 2. The summed E-state index contributed by atoms with van der Waals surface area (Å²) in [4.78, 5) is 0. The molecule has 112 valence electrons. The number of benzene rings is 2. The highest BCUT2D eigenvalue weighted by molar-refractivity contribution is 6.30. The quantitative estimate of drug-likeness (QED) is 0.672. The molecule has 0 unspecified atom stereocenters. The van der Waals surface area contributed by atoms with Gasteiger partial charge in [-0.3, -0.25) is 0 Å². The molecule has 1 aromatic heterocycles. The van der Waals surface area contributed by atoms with E-state index in [1.807, 2.05) is 30.3 Å². The second-order valence-corrected chi connectivity index (χ2v) is 5.08. The Bertz CT molecular complexity index is 710. The second-order valence-electron chi connectivity index (χ2n) is 4.65. The molecule has 3 aromatic rings. The number of hydrogen-bond acceptors (Lipinski definition) is 4. The molecule has 0 saturated carbocycles. The van der Waals surface area contributed by atoms with Gasteiger partial charge in [0.2, 0.25) is 0 Å². The van der Waals surface area contributed by atoms with E-state index in [-0.39, 0.29) is 6.61 Å². The van der Waals surface area contributed by atoms with E-state index < -0.39 is 0 Å². The van der Waals surface area contributed by atoms with Gasteiger partial charge >= 0.3 is 0 Å². The van der Waals surface area contributed by atoms with Gasteiger partial charge in [0, 0.05) is 11.1 Å². The van der Waals surface area contributed by atoms with Crippen molar-refractivity contribution in [1.82, 2.24) is 5.16 Å². The fourth-order valence-corrected chi connectivity index (χ4v) is 1.97. The molecule has 0 radical (unpaired) electrons. The smallest absolute Gasteiger partial charge is 0.254 e. The maximum absolute atomic E-state index is 5.82. The molecule has 0 bridgehead atoms. The van der Waals surface area contributed by atoms with Crippen LogP contribution in [0.4, 0.5) is 0 Å².